The smallest absolute Gasteiger partial charge is 0.337 e. The van der Waals surface area contributed by atoms with Crippen molar-refractivity contribution in [1.29, 1.82) is 0 Å². The summed E-state index contributed by atoms with van der Waals surface area (Å²) >= 11 is 0. The number of ether oxygens (including phenoxy) is 1. The molecule has 0 unspecified atom stereocenters. The van der Waals surface area contributed by atoms with Gasteiger partial charge in [-0.1, -0.05) is 18.2 Å². The van der Waals surface area contributed by atoms with Crippen LogP contribution < -0.4 is 16.0 Å². The number of para-hydroxylation sites is 1. The van der Waals surface area contributed by atoms with Gasteiger partial charge in [0.1, 0.15) is 0 Å². The second-order valence-electron chi connectivity index (χ2n) is 7.36. The van der Waals surface area contributed by atoms with Crippen LogP contribution in [0.4, 0.5) is 10.5 Å². The lowest BCUT2D eigenvalue weighted by Crippen LogP contribution is -2.52. The Balaban J connectivity index is 1.69. The second kappa shape index (κ2) is 9.56. The maximum atomic E-state index is 12.7. The summed E-state index contributed by atoms with van der Waals surface area (Å²) in [5.74, 6) is -0.591. The Labute approximate surface area is 170 Å². The number of piperidine rings is 1. The Morgan fingerprint density at radius 2 is 2.03 bits per heavy atom. The number of carbonyl (C=O) groups excluding carboxylic acids is 3. The highest BCUT2D eigenvalue weighted by molar-refractivity contribution is 5.95. The quantitative estimate of drug-likeness (QED) is 0.633. The number of amides is 3. The van der Waals surface area contributed by atoms with Crippen LogP contribution in [0.15, 0.2) is 41.6 Å². The van der Waals surface area contributed by atoms with Gasteiger partial charge in [-0.15, -0.1) is 0 Å². The number of benzene rings is 1. The molecule has 156 valence electrons. The molecule has 2 atom stereocenters. The molecule has 8 nitrogen and oxygen atoms in total. The fraction of sp³-hybridized carbons (Fsp3) is 0.476. The van der Waals surface area contributed by atoms with Gasteiger partial charge in [0.15, 0.2) is 0 Å². The van der Waals surface area contributed by atoms with E-state index in [2.05, 4.69) is 20.9 Å². The average molecular weight is 400 g/mol. The third kappa shape index (κ3) is 5.35. The van der Waals surface area contributed by atoms with Crippen molar-refractivity contribution in [3.63, 3.8) is 0 Å². The van der Waals surface area contributed by atoms with Gasteiger partial charge in [-0.3, -0.25) is 9.69 Å². The fourth-order valence-corrected chi connectivity index (χ4v) is 3.81. The van der Waals surface area contributed by atoms with Gasteiger partial charge in [0.05, 0.1) is 24.1 Å². The zero-order valence-corrected chi connectivity index (χ0v) is 16.9. The highest BCUT2D eigenvalue weighted by Gasteiger charge is 2.32. The number of rotatable bonds is 6. The van der Waals surface area contributed by atoms with Crippen LogP contribution in [0, 0.1) is 5.92 Å². The molecule has 0 radical (unpaired) electrons. The van der Waals surface area contributed by atoms with E-state index in [4.69, 9.17) is 4.74 Å². The third-order valence-corrected chi connectivity index (χ3v) is 5.16. The zero-order valence-electron chi connectivity index (χ0n) is 16.9. The van der Waals surface area contributed by atoms with Gasteiger partial charge in [-0.25, -0.2) is 9.59 Å². The molecule has 8 heteroatoms. The lowest BCUT2D eigenvalue weighted by molar-refractivity contribution is -0.139. The van der Waals surface area contributed by atoms with Gasteiger partial charge < -0.3 is 20.7 Å². The summed E-state index contributed by atoms with van der Waals surface area (Å²) in [6.07, 6.45) is 1.68. The molecule has 0 aromatic heterocycles. The van der Waals surface area contributed by atoms with Crippen LogP contribution in [-0.2, 0) is 14.3 Å². The predicted octanol–water partition coefficient (Wildman–Crippen LogP) is 1.86. The Hall–Kier alpha value is -2.87. The number of hydrogen-bond acceptors (Lipinski definition) is 5. The summed E-state index contributed by atoms with van der Waals surface area (Å²) in [6.45, 7) is 5.53. The summed E-state index contributed by atoms with van der Waals surface area (Å²) in [5, 5.41) is 8.41. The molecule has 2 aliphatic heterocycles. The van der Waals surface area contributed by atoms with E-state index in [9.17, 15) is 14.4 Å². The number of anilines is 1. The molecule has 1 saturated heterocycles. The molecular formula is C21H28N4O4. The van der Waals surface area contributed by atoms with Crippen molar-refractivity contribution in [2.75, 3.05) is 31.6 Å². The first kappa shape index (κ1) is 20.9. The number of hydrogen-bond donors (Lipinski definition) is 3. The van der Waals surface area contributed by atoms with E-state index < -0.39 is 12.0 Å². The van der Waals surface area contributed by atoms with Crippen molar-refractivity contribution in [3.05, 3.63) is 41.6 Å². The highest BCUT2D eigenvalue weighted by atomic mass is 16.5. The predicted molar refractivity (Wildman–Crippen MR) is 109 cm³/mol. The number of nitrogens with one attached hydrogen (secondary N) is 3. The van der Waals surface area contributed by atoms with E-state index in [-0.39, 0.29) is 24.5 Å². The molecule has 3 rings (SSSR count). The topological polar surface area (TPSA) is 99.8 Å². The van der Waals surface area contributed by atoms with Gasteiger partial charge in [-0.2, -0.15) is 0 Å². The van der Waals surface area contributed by atoms with Gasteiger partial charge in [0, 0.05) is 24.5 Å². The van der Waals surface area contributed by atoms with Crippen LogP contribution in [0.3, 0.4) is 0 Å². The lowest BCUT2D eigenvalue weighted by Gasteiger charge is -2.35. The molecule has 0 bridgehead atoms. The van der Waals surface area contributed by atoms with E-state index in [1.54, 1.807) is 13.8 Å². The molecule has 29 heavy (non-hydrogen) atoms. The second-order valence-corrected chi connectivity index (χ2v) is 7.36. The van der Waals surface area contributed by atoms with Crippen molar-refractivity contribution in [2.24, 2.45) is 5.92 Å². The summed E-state index contributed by atoms with van der Waals surface area (Å²) in [5.41, 5.74) is 1.76. The molecule has 0 saturated carbocycles. The monoisotopic (exact) mass is 400 g/mol. The molecule has 2 heterocycles. The minimum atomic E-state index is -0.433. The van der Waals surface area contributed by atoms with Crippen LogP contribution in [-0.4, -0.2) is 55.1 Å². The maximum absolute atomic E-state index is 12.7. The first-order valence-corrected chi connectivity index (χ1v) is 10.0. The van der Waals surface area contributed by atoms with E-state index in [1.807, 2.05) is 30.3 Å². The summed E-state index contributed by atoms with van der Waals surface area (Å²) < 4.78 is 5.16. The molecule has 1 aromatic rings. The summed E-state index contributed by atoms with van der Waals surface area (Å²) in [6, 6.07) is 8.62. The minimum absolute atomic E-state index is 0.0109. The van der Waals surface area contributed by atoms with Gasteiger partial charge in [-0.05, 0) is 45.4 Å². The van der Waals surface area contributed by atoms with Crippen molar-refractivity contribution in [1.82, 2.24) is 15.5 Å². The number of carbonyl (C=O) groups is 3. The SMILES string of the molecule is CCOC(=O)C1=C(CN2CCC[C@H](C(=O)Nc3ccccc3)C2)NC(=O)N[C@@H]1C. The van der Waals surface area contributed by atoms with E-state index >= 15 is 0 Å². The van der Waals surface area contributed by atoms with E-state index in [0.717, 1.165) is 25.1 Å². The van der Waals surface area contributed by atoms with Crippen LogP contribution in [0.2, 0.25) is 0 Å². The first-order chi connectivity index (χ1) is 14.0. The average Bonchev–Trinajstić information content (AvgIpc) is 2.68. The number of urea groups is 1. The van der Waals surface area contributed by atoms with Crippen LogP contribution >= 0.6 is 0 Å². The fourth-order valence-electron chi connectivity index (χ4n) is 3.81. The highest BCUT2D eigenvalue weighted by Crippen LogP contribution is 2.22. The van der Waals surface area contributed by atoms with Crippen LogP contribution in [0.1, 0.15) is 26.7 Å². The largest absolute Gasteiger partial charge is 0.463 e. The normalized spacial score (nSPS) is 22.5. The molecule has 1 aromatic carbocycles. The molecular weight excluding hydrogens is 372 g/mol. The van der Waals surface area contributed by atoms with E-state index in [1.165, 1.54) is 0 Å². The first-order valence-electron chi connectivity index (χ1n) is 10.0. The third-order valence-electron chi connectivity index (χ3n) is 5.16. The molecule has 3 N–H and O–H groups in total. The number of likely N-dealkylation sites (tertiary alicyclic amines) is 1. The van der Waals surface area contributed by atoms with Crippen LogP contribution in [0.25, 0.3) is 0 Å². The molecule has 3 amide bonds. The summed E-state index contributed by atoms with van der Waals surface area (Å²) in [7, 11) is 0. The van der Waals surface area contributed by atoms with Crippen molar-refractivity contribution < 1.29 is 19.1 Å². The minimum Gasteiger partial charge on any atom is -0.463 e. The van der Waals surface area contributed by atoms with Gasteiger partial charge >= 0.3 is 12.0 Å². The van der Waals surface area contributed by atoms with Crippen molar-refractivity contribution >= 4 is 23.6 Å². The van der Waals surface area contributed by atoms with Crippen LogP contribution in [0.5, 0.6) is 0 Å². The summed E-state index contributed by atoms with van der Waals surface area (Å²) in [4.78, 5) is 39.1. The molecule has 0 aliphatic carbocycles. The Kier molecular flexibility index (Phi) is 6.87. The van der Waals surface area contributed by atoms with E-state index in [0.29, 0.717) is 24.4 Å². The Bertz CT molecular complexity index is 793. The number of esters is 1. The Morgan fingerprint density at radius 3 is 2.76 bits per heavy atom. The maximum Gasteiger partial charge on any atom is 0.337 e. The number of nitrogens with zero attached hydrogens (tertiary/aromatic N) is 1. The van der Waals surface area contributed by atoms with Crippen molar-refractivity contribution in [2.45, 2.75) is 32.7 Å². The lowest BCUT2D eigenvalue weighted by atomic mass is 9.96. The van der Waals surface area contributed by atoms with Gasteiger partial charge in [0.2, 0.25) is 5.91 Å². The molecule has 2 aliphatic rings. The molecule has 0 spiro atoms. The molecule has 1 fully saturated rings. The zero-order chi connectivity index (χ0) is 20.8. The van der Waals surface area contributed by atoms with Crippen molar-refractivity contribution in [3.8, 4) is 0 Å². The standard InChI is InChI=1S/C21H28N4O4/c1-3-29-20(27)18-14(2)22-21(28)24-17(18)13-25-11-7-8-15(12-25)19(26)23-16-9-5-4-6-10-16/h4-6,9-10,14-15H,3,7-8,11-13H2,1-2H3,(H,23,26)(H2,22,24,28)/t14-,15+/m1/s1. The Morgan fingerprint density at radius 1 is 1.28 bits per heavy atom. The van der Waals surface area contributed by atoms with Gasteiger partial charge in [0.25, 0.3) is 0 Å².